The number of hydrogen-bond donors (Lipinski definition) is 0. The third-order valence-corrected chi connectivity index (χ3v) is 5.84. The van der Waals surface area contributed by atoms with E-state index in [1.54, 1.807) is 5.57 Å². The molecule has 0 aromatic heterocycles. The third-order valence-electron chi connectivity index (χ3n) is 5.84. The highest BCUT2D eigenvalue weighted by Gasteiger charge is 2.22. The Hall–Kier alpha value is -0.520. The Labute approximate surface area is 160 Å². The van der Waals surface area contributed by atoms with Crippen LogP contribution < -0.4 is 0 Å². The fourth-order valence-electron chi connectivity index (χ4n) is 3.92. The topological polar surface area (TPSA) is 0 Å². The van der Waals surface area contributed by atoms with Gasteiger partial charge in [-0.25, -0.2) is 0 Å². The van der Waals surface area contributed by atoms with E-state index in [4.69, 9.17) is 0 Å². The average molecular weight is 349 g/mol. The van der Waals surface area contributed by atoms with E-state index >= 15 is 0 Å². The molecule has 0 rings (SSSR count). The molecule has 148 valence electrons. The van der Waals surface area contributed by atoms with Crippen molar-refractivity contribution in [3.05, 3.63) is 24.3 Å². The molecule has 0 aliphatic rings. The lowest BCUT2D eigenvalue weighted by Gasteiger charge is -2.29. The average Bonchev–Trinajstić information content (AvgIpc) is 2.55. The molecule has 3 atom stereocenters. The van der Waals surface area contributed by atoms with Gasteiger partial charge in [0.2, 0.25) is 0 Å². The van der Waals surface area contributed by atoms with Crippen LogP contribution in [0.25, 0.3) is 0 Å². The molecule has 0 aromatic rings. The van der Waals surface area contributed by atoms with E-state index in [0.717, 1.165) is 23.7 Å². The van der Waals surface area contributed by atoms with Gasteiger partial charge in [-0.3, -0.25) is 0 Å². The van der Waals surface area contributed by atoms with Crippen LogP contribution in [0, 0.1) is 29.6 Å². The summed E-state index contributed by atoms with van der Waals surface area (Å²) in [5.74, 6) is 3.93. The molecule has 0 aliphatic heterocycles. The smallest absolute Gasteiger partial charge is 0.0182 e. The van der Waals surface area contributed by atoms with Gasteiger partial charge in [0.25, 0.3) is 0 Å². The van der Waals surface area contributed by atoms with Gasteiger partial charge in [0.15, 0.2) is 0 Å². The molecule has 0 heteroatoms. The van der Waals surface area contributed by atoms with Crippen LogP contribution >= 0.6 is 0 Å². The minimum atomic E-state index is 0.688. The highest BCUT2D eigenvalue weighted by atomic mass is 14.3. The van der Waals surface area contributed by atoms with Crippen LogP contribution in [0.1, 0.15) is 106 Å². The molecule has 0 amide bonds. The van der Waals surface area contributed by atoms with Crippen molar-refractivity contribution in [3.8, 4) is 0 Å². The summed E-state index contributed by atoms with van der Waals surface area (Å²) in [6, 6.07) is 0. The van der Waals surface area contributed by atoms with Crippen molar-refractivity contribution in [2.45, 2.75) is 106 Å². The van der Waals surface area contributed by atoms with Crippen molar-refractivity contribution in [1.29, 1.82) is 0 Å². The number of hydrogen-bond acceptors (Lipinski definition) is 0. The summed E-state index contributed by atoms with van der Waals surface area (Å²) in [6.45, 7) is 20.6. The van der Waals surface area contributed by atoms with Gasteiger partial charge in [-0.1, -0.05) is 85.0 Å². The highest BCUT2D eigenvalue weighted by Crippen LogP contribution is 2.32. The lowest BCUT2D eigenvalue weighted by molar-refractivity contribution is 0.256. The van der Waals surface area contributed by atoms with Gasteiger partial charge in [0.1, 0.15) is 0 Å². The summed E-state index contributed by atoms with van der Waals surface area (Å²) in [6.07, 6.45) is 16.7. The number of unbranched alkanes of at least 4 members (excludes halogenated alkanes) is 1. The van der Waals surface area contributed by atoms with Crippen LogP contribution in [0.15, 0.2) is 24.3 Å². The molecule has 0 saturated heterocycles. The second-order valence-electron chi connectivity index (χ2n) is 9.20. The van der Waals surface area contributed by atoms with E-state index in [9.17, 15) is 0 Å². The maximum Gasteiger partial charge on any atom is -0.0182 e. The molecule has 0 saturated carbocycles. The Morgan fingerprint density at radius 2 is 1.48 bits per heavy atom. The van der Waals surface area contributed by atoms with Crippen LogP contribution in [-0.2, 0) is 0 Å². The first-order valence-corrected chi connectivity index (χ1v) is 11.1. The minimum absolute atomic E-state index is 0.688. The molecule has 0 fully saturated rings. The molecule has 0 heterocycles. The van der Waals surface area contributed by atoms with Crippen molar-refractivity contribution < 1.29 is 0 Å². The van der Waals surface area contributed by atoms with E-state index < -0.39 is 0 Å². The predicted molar refractivity (Wildman–Crippen MR) is 117 cm³/mol. The monoisotopic (exact) mass is 348 g/mol. The van der Waals surface area contributed by atoms with Crippen LogP contribution in [0.5, 0.6) is 0 Å². The molecule has 0 aromatic carbocycles. The predicted octanol–water partition coefficient (Wildman–Crippen LogP) is 8.83. The molecule has 0 aliphatic carbocycles. The van der Waals surface area contributed by atoms with Crippen molar-refractivity contribution in [1.82, 2.24) is 0 Å². The van der Waals surface area contributed by atoms with E-state index in [2.05, 4.69) is 67.2 Å². The Morgan fingerprint density at radius 3 is 2.00 bits per heavy atom. The van der Waals surface area contributed by atoms with E-state index in [0.29, 0.717) is 5.92 Å². The molecule has 0 nitrogen and oxygen atoms in total. The van der Waals surface area contributed by atoms with Crippen molar-refractivity contribution in [2.75, 3.05) is 0 Å². The molecule has 0 bridgehead atoms. The Kier molecular flexibility index (Phi) is 14.3. The second kappa shape index (κ2) is 14.6. The fourth-order valence-corrected chi connectivity index (χ4v) is 3.92. The van der Waals surface area contributed by atoms with E-state index in [1.165, 1.54) is 57.8 Å². The molecular formula is C25H48. The van der Waals surface area contributed by atoms with Gasteiger partial charge >= 0.3 is 0 Å². The molecular weight excluding hydrogens is 300 g/mol. The Morgan fingerprint density at radius 1 is 0.880 bits per heavy atom. The molecule has 0 radical (unpaired) electrons. The van der Waals surface area contributed by atoms with Gasteiger partial charge in [-0.2, -0.15) is 0 Å². The second-order valence-corrected chi connectivity index (χ2v) is 9.20. The van der Waals surface area contributed by atoms with Crippen LogP contribution in [0.4, 0.5) is 0 Å². The highest BCUT2D eigenvalue weighted by molar-refractivity contribution is 4.98. The summed E-state index contributed by atoms with van der Waals surface area (Å²) in [5.41, 5.74) is 1.58. The minimum Gasteiger partial charge on any atom is -0.103 e. The molecule has 0 spiro atoms. The van der Waals surface area contributed by atoms with Crippen LogP contribution in [0.3, 0.4) is 0 Å². The lowest BCUT2D eigenvalue weighted by atomic mass is 9.76. The number of allylic oxidation sites excluding steroid dienone is 3. The van der Waals surface area contributed by atoms with Crippen molar-refractivity contribution in [3.63, 3.8) is 0 Å². The standard InChI is InChI=1S/C25H48/c1-9-24(17-12-11-14-20(3)4)25(10-2)23(8)16-13-15-22(7)19-18-21(5)6/h10,15,20-21,23-25H,2,9,11-14,16-19H2,1,3-8H3. The van der Waals surface area contributed by atoms with Gasteiger partial charge in [-0.05, 0) is 68.6 Å². The van der Waals surface area contributed by atoms with Gasteiger partial charge in [-0.15, -0.1) is 6.58 Å². The van der Waals surface area contributed by atoms with Gasteiger partial charge in [0.05, 0.1) is 0 Å². The summed E-state index contributed by atoms with van der Waals surface area (Å²) >= 11 is 0. The maximum absolute atomic E-state index is 4.18. The first-order valence-electron chi connectivity index (χ1n) is 11.1. The Balaban J connectivity index is 4.34. The zero-order chi connectivity index (χ0) is 19.2. The van der Waals surface area contributed by atoms with Crippen molar-refractivity contribution >= 4 is 0 Å². The zero-order valence-electron chi connectivity index (χ0n) is 18.6. The number of rotatable bonds is 15. The van der Waals surface area contributed by atoms with Gasteiger partial charge in [0, 0.05) is 0 Å². The first kappa shape index (κ1) is 24.5. The summed E-state index contributed by atoms with van der Waals surface area (Å²) < 4.78 is 0. The Bertz CT molecular complexity index is 347. The molecule has 3 unspecified atom stereocenters. The largest absolute Gasteiger partial charge is 0.103 e. The molecule has 25 heavy (non-hydrogen) atoms. The maximum atomic E-state index is 4.18. The van der Waals surface area contributed by atoms with Crippen LogP contribution in [0.2, 0.25) is 0 Å². The lowest BCUT2D eigenvalue weighted by Crippen LogP contribution is -2.19. The van der Waals surface area contributed by atoms with E-state index in [-0.39, 0.29) is 0 Å². The quantitative estimate of drug-likeness (QED) is 0.205. The molecule has 0 N–H and O–H groups in total. The summed E-state index contributed by atoms with van der Waals surface area (Å²) in [5, 5.41) is 0. The summed E-state index contributed by atoms with van der Waals surface area (Å²) in [4.78, 5) is 0. The first-order chi connectivity index (χ1) is 11.8. The van der Waals surface area contributed by atoms with Crippen LogP contribution in [-0.4, -0.2) is 0 Å². The normalized spacial score (nSPS) is 16.3. The van der Waals surface area contributed by atoms with Gasteiger partial charge < -0.3 is 0 Å². The van der Waals surface area contributed by atoms with E-state index in [1.807, 2.05) is 0 Å². The SMILES string of the molecule is C=CC(C(C)CCC=C(C)CCC(C)C)C(CC)CCCCC(C)C. The van der Waals surface area contributed by atoms with Crippen molar-refractivity contribution in [2.24, 2.45) is 29.6 Å². The zero-order valence-corrected chi connectivity index (χ0v) is 18.6. The fraction of sp³-hybridized carbons (Fsp3) is 0.840. The third kappa shape index (κ3) is 12.5. The summed E-state index contributed by atoms with van der Waals surface area (Å²) in [7, 11) is 0.